The number of aromatic amines is 2. The molecule has 7 aromatic rings. The van der Waals surface area contributed by atoms with E-state index in [1.165, 1.54) is 14.2 Å². The first-order valence-corrected chi connectivity index (χ1v) is 21.3. The molecule has 0 spiro atoms. The number of aromatic nitrogens is 5. The van der Waals surface area contributed by atoms with Gasteiger partial charge in [-0.25, -0.2) is 24.5 Å². The molecule has 2 fully saturated rings. The minimum Gasteiger partial charge on any atom is -0.453 e. The summed E-state index contributed by atoms with van der Waals surface area (Å²) in [5.41, 5.74) is 6.82. The van der Waals surface area contributed by atoms with Gasteiger partial charge in [-0.3, -0.25) is 9.59 Å². The number of rotatable bonds is 10. The van der Waals surface area contributed by atoms with Crippen molar-refractivity contribution in [3.8, 4) is 22.5 Å². The van der Waals surface area contributed by atoms with Crippen LogP contribution in [0.25, 0.3) is 55.2 Å². The minimum absolute atomic E-state index is 0.118. The maximum Gasteiger partial charge on any atom is 0.407 e. The van der Waals surface area contributed by atoms with Gasteiger partial charge in [0.1, 0.15) is 23.7 Å². The van der Waals surface area contributed by atoms with Crippen LogP contribution < -0.4 is 10.6 Å². The quantitative estimate of drug-likeness (QED) is 0.105. The molecular formula is C48H49N9O6. The Morgan fingerprint density at radius 2 is 1.40 bits per heavy atom. The molecule has 2 aliphatic heterocycles. The summed E-state index contributed by atoms with van der Waals surface area (Å²) in [5.74, 6) is 0.937. The molecule has 2 aliphatic rings. The Labute approximate surface area is 363 Å². The predicted octanol–water partition coefficient (Wildman–Crippen LogP) is 8.13. The highest BCUT2D eigenvalue weighted by molar-refractivity contribution is 6.05. The summed E-state index contributed by atoms with van der Waals surface area (Å²) in [6, 6.07) is 27.6. The SMILES string of the molecule is COC(=O)NC(C(=O)N1CCCC1c1ncc(-c2ccc3nc(-c4ccc5c(ccc6[nH]c(C7CCCN7C(=O)C(NC(=O)OC)C(C)C)nc65)c4)ccc3c2)[nH]1)c1ccccc1. The van der Waals surface area contributed by atoms with E-state index < -0.39 is 24.3 Å². The third kappa shape index (κ3) is 8.02. The molecule has 3 aromatic heterocycles. The molecule has 322 valence electrons. The fourth-order valence-corrected chi connectivity index (χ4v) is 9.03. The average molecular weight is 848 g/mol. The fraction of sp³-hybridized carbons (Fsp3) is 0.312. The number of pyridine rings is 1. The molecule has 4 amide bonds. The molecule has 15 nitrogen and oxygen atoms in total. The van der Waals surface area contributed by atoms with E-state index in [-0.39, 0.29) is 29.8 Å². The van der Waals surface area contributed by atoms with Crippen molar-refractivity contribution in [2.24, 2.45) is 5.92 Å². The molecule has 0 saturated carbocycles. The van der Waals surface area contributed by atoms with Crippen LogP contribution >= 0.6 is 0 Å². The van der Waals surface area contributed by atoms with Crippen molar-refractivity contribution in [2.45, 2.75) is 63.7 Å². The Morgan fingerprint density at radius 1 is 0.714 bits per heavy atom. The van der Waals surface area contributed by atoms with Gasteiger partial charge in [-0.2, -0.15) is 0 Å². The number of fused-ring (bicyclic) bond motifs is 4. The summed E-state index contributed by atoms with van der Waals surface area (Å²) in [7, 11) is 2.57. The zero-order valence-electron chi connectivity index (χ0n) is 35.6. The van der Waals surface area contributed by atoms with Crippen LogP contribution in [0.15, 0.2) is 97.2 Å². The zero-order valence-corrected chi connectivity index (χ0v) is 35.6. The number of likely N-dealkylation sites (tertiary alicyclic amines) is 2. The summed E-state index contributed by atoms with van der Waals surface area (Å²) in [4.78, 5) is 77.4. The lowest BCUT2D eigenvalue weighted by molar-refractivity contribution is -0.135. The molecule has 63 heavy (non-hydrogen) atoms. The van der Waals surface area contributed by atoms with Crippen LogP contribution in [-0.4, -0.2) is 92.1 Å². The fourth-order valence-electron chi connectivity index (χ4n) is 9.03. The van der Waals surface area contributed by atoms with Gasteiger partial charge >= 0.3 is 12.2 Å². The average Bonchev–Trinajstić information content (AvgIpc) is 4.16. The first-order valence-electron chi connectivity index (χ1n) is 21.3. The van der Waals surface area contributed by atoms with Crippen LogP contribution in [0.5, 0.6) is 0 Å². The maximum atomic E-state index is 14.0. The van der Waals surface area contributed by atoms with Crippen molar-refractivity contribution in [2.75, 3.05) is 27.3 Å². The first-order chi connectivity index (χ1) is 30.6. The van der Waals surface area contributed by atoms with Crippen LogP contribution in [0.2, 0.25) is 0 Å². The van der Waals surface area contributed by atoms with Gasteiger partial charge in [0.25, 0.3) is 5.91 Å². The van der Waals surface area contributed by atoms with Crippen molar-refractivity contribution in [1.29, 1.82) is 0 Å². The number of nitrogens with zero attached hydrogens (tertiary/aromatic N) is 5. The molecule has 0 bridgehead atoms. The van der Waals surface area contributed by atoms with Gasteiger partial charge in [-0.1, -0.05) is 74.5 Å². The number of H-pyrrole nitrogens is 2. The third-order valence-electron chi connectivity index (χ3n) is 12.3. The van der Waals surface area contributed by atoms with E-state index >= 15 is 0 Å². The summed E-state index contributed by atoms with van der Waals surface area (Å²) in [5, 5.41) is 8.41. The lowest BCUT2D eigenvalue weighted by Gasteiger charge is -2.29. The van der Waals surface area contributed by atoms with Crippen LogP contribution in [-0.2, 0) is 19.1 Å². The standard InChI is InChI=1S/C48H49N9O6/c1-27(2)40(54-47(60)62-3)45(58)57-23-9-13-39(57)44-51-36-21-15-29-24-30(14-18-33(29)42(36)53-44)34-19-16-31-25-32(17-20-35(31)50-34)37-26-49-43(52-37)38-12-8-22-56(38)46(59)41(55-48(61)63-4)28-10-6-5-7-11-28/h5-7,10-11,14-21,24-27,38-41H,8-9,12-13,22-23H2,1-4H3,(H,49,52)(H,51,53)(H,54,60)(H,55,61). The summed E-state index contributed by atoms with van der Waals surface area (Å²) < 4.78 is 9.63. The monoisotopic (exact) mass is 847 g/mol. The van der Waals surface area contributed by atoms with Crippen molar-refractivity contribution in [3.05, 3.63) is 114 Å². The smallest absolute Gasteiger partial charge is 0.407 e. The number of hydrogen-bond donors (Lipinski definition) is 4. The normalized spacial score (nSPS) is 17.3. The predicted molar refractivity (Wildman–Crippen MR) is 238 cm³/mol. The third-order valence-corrected chi connectivity index (χ3v) is 12.3. The van der Waals surface area contributed by atoms with Crippen LogP contribution in [0, 0.1) is 5.92 Å². The number of amides is 4. The lowest BCUT2D eigenvalue weighted by atomic mass is 10.0. The topological polar surface area (TPSA) is 188 Å². The first kappa shape index (κ1) is 41.1. The molecule has 4 aromatic carbocycles. The second-order valence-electron chi connectivity index (χ2n) is 16.5. The van der Waals surface area contributed by atoms with Gasteiger partial charge in [0.15, 0.2) is 0 Å². The van der Waals surface area contributed by atoms with E-state index in [1.54, 1.807) is 11.1 Å². The van der Waals surface area contributed by atoms with Gasteiger partial charge in [0, 0.05) is 35.0 Å². The number of carbonyl (C=O) groups is 4. The van der Waals surface area contributed by atoms with Gasteiger partial charge < -0.3 is 39.9 Å². The van der Waals surface area contributed by atoms with Crippen molar-refractivity contribution in [1.82, 2.24) is 45.4 Å². The number of imidazole rings is 2. The molecule has 15 heteroatoms. The maximum absolute atomic E-state index is 14.0. The molecule has 4 N–H and O–H groups in total. The van der Waals surface area contributed by atoms with Crippen LogP contribution in [0.4, 0.5) is 9.59 Å². The van der Waals surface area contributed by atoms with Crippen LogP contribution in [0.1, 0.15) is 74.9 Å². The van der Waals surface area contributed by atoms with Gasteiger partial charge in [0.05, 0.1) is 60.4 Å². The Hall–Kier alpha value is -7.29. The van der Waals surface area contributed by atoms with Gasteiger partial charge in [0.2, 0.25) is 5.91 Å². The van der Waals surface area contributed by atoms with E-state index in [0.29, 0.717) is 24.5 Å². The van der Waals surface area contributed by atoms with E-state index in [1.807, 2.05) is 73.3 Å². The molecular weight excluding hydrogens is 799 g/mol. The zero-order chi connectivity index (χ0) is 43.8. The summed E-state index contributed by atoms with van der Waals surface area (Å²) in [6.45, 7) is 4.94. The molecule has 5 heterocycles. The lowest BCUT2D eigenvalue weighted by Crippen LogP contribution is -2.51. The molecule has 0 radical (unpaired) electrons. The second-order valence-corrected chi connectivity index (χ2v) is 16.5. The summed E-state index contributed by atoms with van der Waals surface area (Å²) >= 11 is 0. The van der Waals surface area contributed by atoms with E-state index in [2.05, 4.69) is 57.0 Å². The van der Waals surface area contributed by atoms with Crippen molar-refractivity contribution >= 4 is 56.7 Å². The Balaban J connectivity index is 0.924. The highest BCUT2D eigenvalue weighted by Gasteiger charge is 2.39. The van der Waals surface area contributed by atoms with E-state index in [4.69, 9.17) is 24.4 Å². The van der Waals surface area contributed by atoms with E-state index in [9.17, 15) is 19.2 Å². The van der Waals surface area contributed by atoms with Crippen LogP contribution in [0.3, 0.4) is 0 Å². The van der Waals surface area contributed by atoms with Gasteiger partial charge in [-0.05, 0) is 72.9 Å². The minimum atomic E-state index is -0.891. The number of ether oxygens (including phenoxy) is 2. The molecule has 0 aliphatic carbocycles. The number of benzene rings is 4. The highest BCUT2D eigenvalue weighted by atomic mass is 16.5. The number of alkyl carbamates (subject to hydrolysis) is 2. The van der Waals surface area contributed by atoms with Gasteiger partial charge in [-0.15, -0.1) is 0 Å². The largest absolute Gasteiger partial charge is 0.453 e. The number of carbonyl (C=O) groups excluding carboxylic acids is 4. The van der Waals surface area contributed by atoms with Crippen molar-refractivity contribution in [3.63, 3.8) is 0 Å². The summed E-state index contributed by atoms with van der Waals surface area (Å²) in [6.07, 6.45) is 3.65. The Kier molecular flexibility index (Phi) is 11.2. The Morgan fingerprint density at radius 3 is 2.14 bits per heavy atom. The van der Waals surface area contributed by atoms with Crippen molar-refractivity contribution < 1.29 is 28.7 Å². The molecule has 9 rings (SSSR count). The number of hydrogen-bond acceptors (Lipinski definition) is 9. The second kappa shape index (κ2) is 17.2. The molecule has 4 atom stereocenters. The number of methoxy groups -OCH3 is 2. The number of nitrogens with one attached hydrogen (secondary N) is 4. The molecule has 2 saturated heterocycles. The van der Waals surface area contributed by atoms with E-state index in [0.717, 1.165) is 86.7 Å². The Bertz CT molecular complexity index is 2860. The highest BCUT2D eigenvalue weighted by Crippen LogP contribution is 2.37. The molecule has 4 unspecified atom stereocenters.